The highest BCUT2D eigenvalue weighted by atomic mass is 16.6. The number of rotatable bonds is 7. The minimum absolute atomic E-state index is 0.105. The highest BCUT2D eigenvalue weighted by molar-refractivity contribution is 5.74. The van der Waals surface area contributed by atoms with E-state index in [1.54, 1.807) is 7.11 Å². The van der Waals surface area contributed by atoms with Crippen LogP contribution < -0.4 is 4.74 Å². The molecule has 1 saturated heterocycles. The van der Waals surface area contributed by atoms with Gasteiger partial charge < -0.3 is 14.2 Å². The van der Waals surface area contributed by atoms with E-state index in [1.165, 1.54) is 11.1 Å². The van der Waals surface area contributed by atoms with Crippen LogP contribution in [0, 0.1) is 0 Å². The van der Waals surface area contributed by atoms with Crippen LogP contribution in [0.3, 0.4) is 0 Å². The van der Waals surface area contributed by atoms with E-state index < -0.39 is 0 Å². The third-order valence-corrected chi connectivity index (χ3v) is 5.83. The van der Waals surface area contributed by atoms with Crippen molar-refractivity contribution in [2.24, 2.45) is 0 Å². The number of amides is 1. The van der Waals surface area contributed by atoms with Crippen LogP contribution in [0.5, 0.6) is 5.75 Å². The Hall–Kier alpha value is -2.79. The second-order valence-corrected chi connectivity index (χ2v) is 7.86. The van der Waals surface area contributed by atoms with Crippen molar-refractivity contribution >= 4 is 11.7 Å². The zero-order valence-corrected chi connectivity index (χ0v) is 17.5. The molecule has 4 rings (SSSR count). The quantitative estimate of drug-likeness (QED) is 0.602. The van der Waals surface area contributed by atoms with Crippen molar-refractivity contribution in [2.75, 3.05) is 20.3 Å². The van der Waals surface area contributed by atoms with Gasteiger partial charge >= 0.3 is 6.09 Å². The Morgan fingerprint density at radius 3 is 2.57 bits per heavy atom. The number of methoxy groups -OCH3 is 1. The number of hydrogen-bond donors (Lipinski definition) is 0. The summed E-state index contributed by atoms with van der Waals surface area (Å²) in [5.41, 5.74) is 3.51. The van der Waals surface area contributed by atoms with Gasteiger partial charge in [0.1, 0.15) is 19.0 Å². The monoisotopic (exact) mass is 407 g/mol. The van der Waals surface area contributed by atoms with Gasteiger partial charge in [0.25, 0.3) is 0 Å². The highest BCUT2D eigenvalue weighted by Crippen LogP contribution is 2.37. The van der Waals surface area contributed by atoms with Gasteiger partial charge in [-0.3, -0.25) is 4.90 Å². The predicted octanol–water partition coefficient (Wildman–Crippen LogP) is 5.06. The highest BCUT2D eigenvalue weighted by Gasteiger charge is 2.38. The summed E-state index contributed by atoms with van der Waals surface area (Å²) < 4.78 is 16.3. The second kappa shape index (κ2) is 9.81. The van der Waals surface area contributed by atoms with Crippen molar-refractivity contribution in [3.63, 3.8) is 0 Å². The summed E-state index contributed by atoms with van der Waals surface area (Å²) in [6, 6.07) is 18.4. The average Bonchev–Trinajstić information content (AvgIpc) is 2.78. The Bertz CT molecular complexity index is 862. The first-order chi connectivity index (χ1) is 14.7. The van der Waals surface area contributed by atoms with Crippen molar-refractivity contribution in [3.8, 4) is 5.75 Å². The number of carbonyl (C=O) groups is 1. The Morgan fingerprint density at radius 2 is 1.83 bits per heavy atom. The molecule has 0 aromatic heterocycles. The van der Waals surface area contributed by atoms with Gasteiger partial charge in [0.15, 0.2) is 0 Å². The van der Waals surface area contributed by atoms with Gasteiger partial charge in [-0.25, -0.2) is 4.79 Å². The fourth-order valence-corrected chi connectivity index (χ4v) is 4.33. The minimum atomic E-state index is -0.203. The molecule has 0 spiro atoms. The lowest BCUT2D eigenvalue weighted by Gasteiger charge is -2.44. The molecule has 1 amide bonds. The van der Waals surface area contributed by atoms with Gasteiger partial charge in [0.05, 0.1) is 12.6 Å². The molecule has 2 aliphatic heterocycles. The van der Waals surface area contributed by atoms with E-state index in [0.29, 0.717) is 19.8 Å². The third kappa shape index (κ3) is 4.85. The molecule has 1 fully saturated rings. The first-order valence-electron chi connectivity index (χ1n) is 10.7. The van der Waals surface area contributed by atoms with E-state index in [4.69, 9.17) is 14.2 Å². The molecule has 5 nitrogen and oxygen atoms in total. The molecule has 2 aromatic carbocycles. The van der Waals surface area contributed by atoms with Crippen LogP contribution in [0.1, 0.15) is 36.8 Å². The van der Waals surface area contributed by atoms with Crippen LogP contribution >= 0.6 is 0 Å². The van der Waals surface area contributed by atoms with E-state index in [1.807, 2.05) is 47.4 Å². The molecule has 0 radical (unpaired) electrons. The van der Waals surface area contributed by atoms with Crippen LogP contribution in [-0.2, 0) is 16.1 Å². The lowest BCUT2D eigenvalue weighted by Crippen LogP contribution is -2.51. The third-order valence-electron chi connectivity index (χ3n) is 5.83. The number of hydrogen-bond acceptors (Lipinski definition) is 4. The maximum Gasteiger partial charge on any atom is 0.410 e. The normalized spacial score (nSPS) is 20.4. The minimum Gasteiger partial charge on any atom is -0.491 e. The summed E-state index contributed by atoms with van der Waals surface area (Å²) in [5.74, 6) is 0.846. The molecule has 2 unspecified atom stereocenters. The molecule has 30 heavy (non-hydrogen) atoms. The second-order valence-electron chi connectivity index (χ2n) is 7.86. The molecule has 158 valence electrons. The summed E-state index contributed by atoms with van der Waals surface area (Å²) in [6.07, 6.45) is 6.06. The largest absolute Gasteiger partial charge is 0.491 e. The van der Waals surface area contributed by atoms with Crippen molar-refractivity contribution in [2.45, 2.75) is 44.4 Å². The van der Waals surface area contributed by atoms with Crippen molar-refractivity contribution in [1.29, 1.82) is 0 Å². The SMILES string of the molecule is COCCOc1ccc(C2=CC3CCCC(C2)N3C(=O)OCc2ccccc2)cc1. The van der Waals surface area contributed by atoms with Gasteiger partial charge in [-0.2, -0.15) is 0 Å². The van der Waals surface area contributed by atoms with E-state index >= 15 is 0 Å². The molecule has 2 bridgehead atoms. The number of benzene rings is 2. The topological polar surface area (TPSA) is 48.0 Å². The molecule has 2 aliphatic rings. The molecule has 2 aromatic rings. The fraction of sp³-hybridized carbons (Fsp3) is 0.400. The average molecular weight is 408 g/mol. The maximum absolute atomic E-state index is 12.8. The van der Waals surface area contributed by atoms with Crippen LogP contribution in [0.25, 0.3) is 5.57 Å². The predicted molar refractivity (Wildman–Crippen MR) is 116 cm³/mol. The molecule has 0 saturated carbocycles. The standard InChI is InChI=1S/C25H29NO4/c1-28-14-15-29-24-12-10-20(11-13-24)21-16-22-8-5-9-23(17-21)26(22)25(27)30-18-19-6-3-2-4-7-19/h2-4,6-7,10-13,16,22-23H,5,8-9,14-15,17-18H2,1H3. The molecule has 0 N–H and O–H groups in total. The number of fused-ring (bicyclic) bond motifs is 2. The molecule has 2 heterocycles. The van der Waals surface area contributed by atoms with Crippen LogP contribution in [-0.4, -0.2) is 43.4 Å². The van der Waals surface area contributed by atoms with Gasteiger partial charge in [-0.1, -0.05) is 48.5 Å². The smallest absolute Gasteiger partial charge is 0.410 e. The summed E-state index contributed by atoms with van der Waals surface area (Å²) in [5, 5.41) is 0. The Balaban J connectivity index is 1.42. The van der Waals surface area contributed by atoms with Crippen molar-refractivity contribution < 1.29 is 19.0 Å². The lowest BCUT2D eigenvalue weighted by atomic mass is 9.83. The Morgan fingerprint density at radius 1 is 1.03 bits per heavy atom. The molecule has 5 heteroatoms. The summed E-state index contributed by atoms with van der Waals surface area (Å²) in [4.78, 5) is 14.8. The molecular weight excluding hydrogens is 378 g/mol. The summed E-state index contributed by atoms with van der Waals surface area (Å²) in [7, 11) is 1.67. The number of nitrogens with zero attached hydrogens (tertiary/aromatic N) is 1. The maximum atomic E-state index is 12.8. The van der Waals surface area contributed by atoms with Crippen LogP contribution in [0.4, 0.5) is 4.79 Å². The van der Waals surface area contributed by atoms with Gasteiger partial charge in [-0.15, -0.1) is 0 Å². The van der Waals surface area contributed by atoms with Crippen molar-refractivity contribution in [3.05, 3.63) is 71.8 Å². The first-order valence-corrected chi connectivity index (χ1v) is 10.7. The van der Waals surface area contributed by atoms with E-state index in [2.05, 4.69) is 18.2 Å². The first kappa shape index (κ1) is 20.5. The van der Waals surface area contributed by atoms with E-state index in [9.17, 15) is 4.79 Å². The van der Waals surface area contributed by atoms with Gasteiger partial charge in [0, 0.05) is 13.2 Å². The van der Waals surface area contributed by atoms with Crippen molar-refractivity contribution in [1.82, 2.24) is 4.90 Å². The van der Waals surface area contributed by atoms with E-state index in [-0.39, 0.29) is 18.2 Å². The zero-order chi connectivity index (χ0) is 20.8. The Labute approximate surface area is 178 Å². The van der Waals surface area contributed by atoms with E-state index in [0.717, 1.165) is 37.0 Å². The van der Waals surface area contributed by atoms with Gasteiger partial charge in [-0.05, 0) is 54.5 Å². The van der Waals surface area contributed by atoms with Crippen LogP contribution in [0.2, 0.25) is 0 Å². The summed E-state index contributed by atoms with van der Waals surface area (Å²) >= 11 is 0. The molecular formula is C25H29NO4. The molecule has 2 atom stereocenters. The number of carbonyl (C=O) groups excluding carboxylic acids is 1. The molecule has 0 aliphatic carbocycles. The number of piperidine rings is 1. The Kier molecular flexibility index (Phi) is 6.70. The van der Waals surface area contributed by atoms with Gasteiger partial charge in [0.2, 0.25) is 0 Å². The fourth-order valence-electron chi connectivity index (χ4n) is 4.33. The number of ether oxygens (including phenoxy) is 3. The summed E-state index contributed by atoms with van der Waals surface area (Å²) in [6.45, 7) is 1.44. The van der Waals surface area contributed by atoms with Crippen LogP contribution in [0.15, 0.2) is 60.7 Å². The zero-order valence-electron chi connectivity index (χ0n) is 17.5. The lowest BCUT2D eigenvalue weighted by molar-refractivity contribution is 0.0510.